The van der Waals surface area contributed by atoms with E-state index in [1.54, 1.807) is 0 Å². The molecule has 2 rings (SSSR count). The molecule has 0 atom stereocenters. The van der Waals surface area contributed by atoms with E-state index in [9.17, 15) is 0 Å². The minimum atomic E-state index is 0.865. The highest BCUT2D eigenvalue weighted by atomic mass is 15.3. The van der Waals surface area contributed by atoms with Crippen molar-refractivity contribution < 1.29 is 0 Å². The summed E-state index contributed by atoms with van der Waals surface area (Å²) in [5.74, 6) is 0.865. The molecule has 1 aliphatic rings. The van der Waals surface area contributed by atoms with Crippen molar-refractivity contribution in [2.75, 3.05) is 13.1 Å². The second-order valence-corrected chi connectivity index (χ2v) is 5.98. The van der Waals surface area contributed by atoms with E-state index in [-0.39, 0.29) is 0 Å². The molecule has 3 heteroatoms. The van der Waals surface area contributed by atoms with E-state index in [1.165, 1.54) is 49.1 Å². The summed E-state index contributed by atoms with van der Waals surface area (Å²) in [6.07, 6.45) is 7.94. The maximum atomic E-state index is 4.76. The summed E-state index contributed by atoms with van der Waals surface area (Å²) < 4.78 is 2.26. The third-order valence-corrected chi connectivity index (χ3v) is 4.42. The maximum absolute atomic E-state index is 4.76. The minimum Gasteiger partial charge on any atom is -0.316 e. The molecule has 1 N–H and O–H groups in total. The van der Waals surface area contributed by atoms with Gasteiger partial charge in [0.1, 0.15) is 0 Å². The van der Waals surface area contributed by atoms with Gasteiger partial charge in [-0.2, -0.15) is 5.10 Å². The predicted molar refractivity (Wildman–Crippen MR) is 80.5 cm³/mol. The molecule has 1 saturated carbocycles. The molecular formula is C16H29N3. The van der Waals surface area contributed by atoms with Gasteiger partial charge in [0.2, 0.25) is 0 Å². The largest absolute Gasteiger partial charge is 0.316 e. The van der Waals surface area contributed by atoms with Crippen molar-refractivity contribution in [3.63, 3.8) is 0 Å². The fourth-order valence-corrected chi connectivity index (χ4v) is 3.23. The molecule has 19 heavy (non-hydrogen) atoms. The molecule has 0 amide bonds. The highest BCUT2D eigenvalue weighted by molar-refractivity contribution is 5.24. The number of aromatic nitrogens is 2. The monoisotopic (exact) mass is 263 g/mol. The maximum Gasteiger partial charge on any atom is 0.0628 e. The normalized spacial score (nSPS) is 16.4. The number of aryl methyl sites for hydroxylation is 1. The summed E-state index contributed by atoms with van der Waals surface area (Å²) >= 11 is 0. The zero-order valence-electron chi connectivity index (χ0n) is 12.8. The van der Waals surface area contributed by atoms with Crippen LogP contribution in [0.2, 0.25) is 0 Å². The molecule has 0 saturated heterocycles. The van der Waals surface area contributed by atoms with Crippen LogP contribution >= 0.6 is 0 Å². The Morgan fingerprint density at radius 3 is 2.63 bits per heavy atom. The van der Waals surface area contributed by atoms with Crippen molar-refractivity contribution in [3.8, 4) is 0 Å². The number of hydrogen-bond donors (Lipinski definition) is 1. The Morgan fingerprint density at radius 1 is 1.21 bits per heavy atom. The summed E-state index contributed by atoms with van der Waals surface area (Å²) in [5, 5.41) is 8.24. The second-order valence-electron chi connectivity index (χ2n) is 5.98. The van der Waals surface area contributed by atoms with Crippen LogP contribution < -0.4 is 5.32 Å². The van der Waals surface area contributed by atoms with Gasteiger partial charge >= 0.3 is 0 Å². The third-order valence-electron chi connectivity index (χ3n) is 4.42. The molecule has 1 fully saturated rings. The van der Waals surface area contributed by atoms with Gasteiger partial charge in [-0.1, -0.05) is 19.8 Å². The number of nitrogens with zero attached hydrogens (tertiary/aromatic N) is 2. The standard InChI is InChI=1S/C16H29N3/c1-4-10-17-11-9-16-13(2)18-19(14(16)3)12-15-7-5-6-8-15/h15,17H,4-12H2,1-3H3. The summed E-state index contributed by atoms with van der Waals surface area (Å²) in [4.78, 5) is 0. The molecule has 1 heterocycles. The number of nitrogens with one attached hydrogen (secondary N) is 1. The highest BCUT2D eigenvalue weighted by Gasteiger charge is 2.18. The zero-order chi connectivity index (χ0) is 13.7. The van der Waals surface area contributed by atoms with E-state index in [2.05, 4.69) is 30.8 Å². The lowest BCUT2D eigenvalue weighted by atomic mass is 10.1. The Balaban J connectivity index is 1.93. The molecule has 0 aromatic carbocycles. The molecule has 0 aliphatic heterocycles. The van der Waals surface area contributed by atoms with Crippen LogP contribution in [0.5, 0.6) is 0 Å². The van der Waals surface area contributed by atoms with Gasteiger partial charge in [0.05, 0.1) is 5.69 Å². The first-order valence-corrected chi connectivity index (χ1v) is 7.96. The fraction of sp³-hybridized carbons (Fsp3) is 0.812. The van der Waals surface area contributed by atoms with Gasteiger partial charge in [-0.25, -0.2) is 0 Å². The van der Waals surface area contributed by atoms with Crippen molar-refractivity contribution in [2.45, 2.75) is 65.8 Å². The molecule has 3 nitrogen and oxygen atoms in total. The van der Waals surface area contributed by atoms with Gasteiger partial charge < -0.3 is 5.32 Å². The average molecular weight is 263 g/mol. The van der Waals surface area contributed by atoms with Crippen molar-refractivity contribution in [3.05, 3.63) is 17.0 Å². The number of rotatable bonds is 7. The molecule has 0 unspecified atom stereocenters. The molecule has 1 aromatic rings. The topological polar surface area (TPSA) is 29.9 Å². The SMILES string of the molecule is CCCNCCc1c(C)nn(CC2CCCC2)c1C. The first-order chi connectivity index (χ1) is 9.22. The molecule has 1 aromatic heterocycles. The van der Waals surface area contributed by atoms with Gasteiger partial charge in [0.25, 0.3) is 0 Å². The minimum absolute atomic E-state index is 0.865. The van der Waals surface area contributed by atoms with Crippen molar-refractivity contribution in [1.82, 2.24) is 15.1 Å². The Bertz CT molecular complexity index is 389. The molecule has 0 spiro atoms. The van der Waals surface area contributed by atoms with Gasteiger partial charge in [0.15, 0.2) is 0 Å². The van der Waals surface area contributed by atoms with Crippen LogP contribution in [0.4, 0.5) is 0 Å². The molecule has 0 radical (unpaired) electrons. The van der Waals surface area contributed by atoms with E-state index in [1.807, 2.05) is 0 Å². The fourth-order valence-electron chi connectivity index (χ4n) is 3.23. The van der Waals surface area contributed by atoms with Crippen molar-refractivity contribution in [2.24, 2.45) is 5.92 Å². The first kappa shape index (κ1) is 14.6. The third kappa shape index (κ3) is 3.82. The van der Waals surface area contributed by atoms with E-state index in [0.29, 0.717) is 0 Å². The summed E-state index contributed by atoms with van der Waals surface area (Å²) in [6.45, 7) is 9.94. The summed E-state index contributed by atoms with van der Waals surface area (Å²) in [7, 11) is 0. The van der Waals surface area contributed by atoms with Crippen LogP contribution in [-0.2, 0) is 13.0 Å². The van der Waals surface area contributed by atoms with E-state index >= 15 is 0 Å². The summed E-state index contributed by atoms with van der Waals surface area (Å²) in [5.41, 5.74) is 4.08. The van der Waals surface area contributed by atoms with E-state index in [4.69, 9.17) is 5.10 Å². The Labute approximate surface area is 117 Å². The van der Waals surface area contributed by atoms with E-state index in [0.717, 1.165) is 32.0 Å². The smallest absolute Gasteiger partial charge is 0.0628 e. The van der Waals surface area contributed by atoms with Crippen LogP contribution in [0.15, 0.2) is 0 Å². The quantitative estimate of drug-likeness (QED) is 0.765. The lowest BCUT2D eigenvalue weighted by molar-refractivity contribution is 0.421. The van der Waals surface area contributed by atoms with Gasteiger partial charge in [-0.3, -0.25) is 4.68 Å². The van der Waals surface area contributed by atoms with Crippen molar-refractivity contribution in [1.29, 1.82) is 0 Å². The van der Waals surface area contributed by atoms with Gasteiger partial charge in [0, 0.05) is 12.2 Å². The van der Waals surface area contributed by atoms with Crippen LogP contribution in [-0.4, -0.2) is 22.9 Å². The van der Waals surface area contributed by atoms with Crippen LogP contribution in [0.1, 0.15) is 56.0 Å². The zero-order valence-corrected chi connectivity index (χ0v) is 12.8. The van der Waals surface area contributed by atoms with Crippen LogP contribution in [0.3, 0.4) is 0 Å². The lowest BCUT2D eigenvalue weighted by Gasteiger charge is -2.11. The van der Waals surface area contributed by atoms with Gasteiger partial charge in [-0.05, 0) is 64.1 Å². The molecule has 1 aliphatic carbocycles. The lowest BCUT2D eigenvalue weighted by Crippen LogP contribution is -2.18. The Kier molecular flexibility index (Phi) is 5.44. The summed E-state index contributed by atoms with van der Waals surface area (Å²) in [6, 6.07) is 0. The molecular weight excluding hydrogens is 234 g/mol. The van der Waals surface area contributed by atoms with Crippen LogP contribution in [0, 0.1) is 19.8 Å². The first-order valence-electron chi connectivity index (χ1n) is 7.96. The molecule has 0 bridgehead atoms. The van der Waals surface area contributed by atoms with E-state index < -0.39 is 0 Å². The molecule has 108 valence electrons. The van der Waals surface area contributed by atoms with Gasteiger partial charge in [-0.15, -0.1) is 0 Å². The van der Waals surface area contributed by atoms with Crippen molar-refractivity contribution >= 4 is 0 Å². The second kappa shape index (κ2) is 7.09. The number of hydrogen-bond acceptors (Lipinski definition) is 2. The highest BCUT2D eigenvalue weighted by Crippen LogP contribution is 2.27. The Hall–Kier alpha value is -0.830. The van der Waals surface area contributed by atoms with Crippen LogP contribution in [0.25, 0.3) is 0 Å². The Morgan fingerprint density at radius 2 is 1.95 bits per heavy atom. The predicted octanol–water partition coefficient (Wildman–Crippen LogP) is 3.23. The average Bonchev–Trinajstić information content (AvgIpc) is 2.98.